The quantitative estimate of drug-likeness (QED) is 0.782. The fourth-order valence-corrected chi connectivity index (χ4v) is 2.69. The van der Waals surface area contributed by atoms with Crippen LogP contribution in [0.4, 0.5) is 0 Å². The molecule has 1 aliphatic heterocycles. The second-order valence-corrected chi connectivity index (χ2v) is 6.45. The number of hydrogen-bond acceptors (Lipinski definition) is 5. The van der Waals surface area contributed by atoms with E-state index in [0.29, 0.717) is 13.2 Å². The maximum absolute atomic E-state index is 10.2. The van der Waals surface area contributed by atoms with E-state index in [-0.39, 0.29) is 0 Å². The van der Waals surface area contributed by atoms with Crippen LogP contribution in [0.25, 0.3) is 0 Å². The van der Waals surface area contributed by atoms with Gasteiger partial charge in [-0.25, -0.2) is 0 Å². The smallest absolute Gasteiger partial charge is 0.122 e. The monoisotopic (exact) mass is 322 g/mol. The molecule has 0 radical (unpaired) electrons. The van der Waals surface area contributed by atoms with E-state index in [4.69, 9.17) is 9.47 Å². The minimum atomic E-state index is -0.482. The van der Waals surface area contributed by atoms with Gasteiger partial charge in [0.15, 0.2) is 0 Å². The summed E-state index contributed by atoms with van der Waals surface area (Å²) < 4.78 is 11.1. The molecule has 0 aliphatic carbocycles. The van der Waals surface area contributed by atoms with E-state index < -0.39 is 6.10 Å². The molecule has 5 heteroatoms. The van der Waals surface area contributed by atoms with Crippen LogP contribution in [-0.4, -0.2) is 80.6 Å². The number of likely N-dealkylation sites (N-methyl/N-ethyl adjacent to an activating group) is 1. The lowest BCUT2D eigenvalue weighted by atomic mass is 10.1. The van der Waals surface area contributed by atoms with E-state index in [0.717, 1.165) is 50.7 Å². The molecule has 1 N–H and O–H groups in total. The van der Waals surface area contributed by atoms with Crippen LogP contribution in [0.1, 0.15) is 11.1 Å². The number of aliphatic hydroxyl groups is 1. The van der Waals surface area contributed by atoms with Gasteiger partial charge in [-0.2, -0.15) is 0 Å². The maximum atomic E-state index is 10.2. The molecule has 0 spiro atoms. The number of ether oxygens (including phenoxy) is 2. The van der Waals surface area contributed by atoms with Gasteiger partial charge in [0.05, 0.1) is 13.2 Å². The standard InChI is InChI=1S/C18H30N2O3/c1-15-4-5-16(2)18(12-15)23-14-17(21)13-19(3)6-7-20-8-10-22-11-9-20/h4-5,12,17,21H,6-11,13-14H2,1-3H3. The van der Waals surface area contributed by atoms with Crippen LogP contribution >= 0.6 is 0 Å². The van der Waals surface area contributed by atoms with Crippen molar-refractivity contribution < 1.29 is 14.6 Å². The van der Waals surface area contributed by atoms with Gasteiger partial charge in [0.2, 0.25) is 0 Å². The number of aryl methyl sites for hydroxylation is 2. The van der Waals surface area contributed by atoms with Gasteiger partial charge in [0.25, 0.3) is 0 Å². The average molecular weight is 322 g/mol. The lowest BCUT2D eigenvalue weighted by Crippen LogP contribution is -2.42. The zero-order valence-corrected chi connectivity index (χ0v) is 14.6. The summed E-state index contributed by atoms with van der Waals surface area (Å²) in [5.74, 6) is 0.861. The van der Waals surface area contributed by atoms with Crippen molar-refractivity contribution in [1.29, 1.82) is 0 Å². The van der Waals surface area contributed by atoms with E-state index in [1.807, 2.05) is 33.0 Å². The van der Waals surface area contributed by atoms with Crippen molar-refractivity contribution >= 4 is 0 Å². The number of benzene rings is 1. The molecule has 2 rings (SSSR count). The molecule has 1 heterocycles. The number of nitrogens with zero attached hydrogens (tertiary/aromatic N) is 2. The summed E-state index contributed by atoms with van der Waals surface area (Å²) in [6.45, 7) is 10.6. The SMILES string of the molecule is Cc1ccc(C)c(OCC(O)CN(C)CCN2CCOCC2)c1. The fourth-order valence-electron chi connectivity index (χ4n) is 2.69. The molecule has 1 fully saturated rings. The molecule has 1 aromatic rings. The number of aliphatic hydroxyl groups excluding tert-OH is 1. The second kappa shape index (κ2) is 9.23. The Morgan fingerprint density at radius 2 is 2.04 bits per heavy atom. The third kappa shape index (κ3) is 6.47. The van der Waals surface area contributed by atoms with Gasteiger partial charge in [0.1, 0.15) is 18.5 Å². The molecule has 23 heavy (non-hydrogen) atoms. The van der Waals surface area contributed by atoms with Crippen molar-refractivity contribution in [3.63, 3.8) is 0 Å². The summed E-state index contributed by atoms with van der Waals surface area (Å²) in [6.07, 6.45) is -0.482. The third-order valence-electron chi connectivity index (χ3n) is 4.20. The van der Waals surface area contributed by atoms with Crippen LogP contribution < -0.4 is 4.74 Å². The predicted octanol–water partition coefficient (Wildman–Crippen LogP) is 1.31. The first-order valence-corrected chi connectivity index (χ1v) is 8.41. The zero-order valence-electron chi connectivity index (χ0n) is 14.6. The zero-order chi connectivity index (χ0) is 16.7. The van der Waals surface area contributed by atoms with Crippen molar-refractivity contribution in [3.8, 4) is 5.75 Å². The third-order valence-corrected chi connectivity index (χ3v) is 4.20. The van der Waals surface area contributed by atoms with E-state index in [9.17, 15) is 5.11 Å². The van der Waals surface area contributed by atoms with Gasteiger partial charge in [-0.05, 0) is 38.1 Å². The molecule has 0 amide bonds. The molecule has 5 nitrogen and oxygen atoms in total. The molecule has 0 bridgehead atoms. The first kappa shape index (κ1) is 18.2. The van der Waals surface area contributed by atoms with Gasteiger partial charge < -0.3 is 19.5 Å². The maximum Gasteiger partial charge on any atom is 0.122 e. The Kier molecular flexibility index (Phi) is 7.30. The molecule has 0 saturated carbocycles. The Labute approximate surface area is 139 Å². The average Bonchev–Trinajstić information content (AvgIpc) is 2.55. The summed E-state index contributed by atoms with van der Waals surface area (Å²) in [4.78, 5) is 4.56. The van der Waals surface area contributed by atoms with E-state index >= 15 is 0 Å². The molecule has 1 aromatic carbocycles. The van der Waals surface area contributed by atoms with Crippen LogP contribution in [0, 0.1) is 13.8 Å². The lowest BCUT2D eigenvalue weighted by molar-refractivity contribution is 0.0296. The second-order valence-electron chi connectivity index (χ2n) is 6.45. The molecular weight excluding hydrogens is 292 g/mol. The van der Waals surface area contributed by atoms with E-state index in [1.54, 1.807) is 0 Å². The fraction of sp³-hybridized carbons (Fsp3) is 0.667. The Hall–Kier alpha value is -1.14. The number of morpholine rings is 1. The van der Waals surface area contributed by atoms with Crippen molar-refractivity contribution in [3.05, 3.63) is 29.3 Å². The van der Waals surface area contributed by atoms with Crippen LogP contribution in [0.15, 0.2) is 18.2 Å². The highest BCUT2D eigenvalue weighted by Gasteiger charge is 2.13. The summed E-state index contributed by atoms with van der Waals surface area (Å²) in [5.41, 5.74) is 2.27. The van der Waals surface area contributed by atoms with Crippen LogP contribution in [0.2, 0.25) is 0 Å². The normalized spacial score (nSPS) is 17.4. The largest absolute Gasteiger partial charge is 0.491 e. The van der Waals surface area contributed by atoms with Gasteiger partial charge in [-0.15, -0.1) is 0 Å². The van der Waals surface area contributed by atoms with Crippen LogP contribution in [0.5, 0.6) is 5.75 Å². The Balaban J connectivity index is 1.67. The molecule has 1 aliphatic rings. The molecular formula is C18H30N2O3. The molecule has 0 aromatic heterocycles. The topological polar surface area (TPSA) is 45.2 Å². The lowest BCUT2D eigenvalue weighted by Gasteiger charge is -2.29. The highest BCUT2D eigenvalue weighted by molar-refractivity contribution is 5.35. The molecule has 130 valence electrons. The van der Waals surface area contributed by atoms with E-state index in [1.165, 1.54) is 5.56 Å². The van der Waals surface area contributed by atoms with Crippen molar-refractivity contribution in [2.24, 2.45) is 0 Å². The van der Waals surface area contributed by atoms with Crippen molar-refractivity contribution in [2.75, 3.05) is 59.6 Å². The Morgan fingerprint density at radius 3 is 2.78 bits per heavy atom. The number of hydrogen-bond donors (Lipinski definition) is 1. The highest BCUT2D eigenvalue weighted by atomic mass is 16.5. The van der Waals surface area contributed by atoms with Crippen molar-refractivity contribution in [1.82, 2.24) is 9.80 Å². The van der Waals surface area contributed by atoms with Crippen LogP contribution in [0.3, 0.4) is 0 Å². The van der Waals surface area contributed by atoms with E-state index in [2.05, 4.69) is 15.9 Å². The molecule has 1 atom stereocenters. The summed E-state index contributed by atoms with van der Waals surface area (Å²) in [5, 5.41) is 10.2. The highest BCUT2D eigenvalue weighted by Crippen LogP contribution is 2.19. The molecule has 1 saturated heterocycles. The first-order valence-electron chi connectivity index (χ1n) is 8.41. The van der Waals surface area contributed by atoms with Crippen molar-refractivity contribution in [2.45, 2.75) is 20.0 Å². The van der Waals surface area contributed by atoms with Gasteiger partial charge in [-0.3, -0.25) is 4.90 Å². The minimum Gasteiger partial charge on any atom is -0.491 e. The number of rotatable bonds is 8. The summed E-state index contributed by atoms with van der Waals surface area (Å²) in [6, 6.07) is 6.13. The Bertz CT molecular complexity index is 475. The van der Waals surface area contributed by atoms with Gasteiger partial charge in [0, 0.05) is 32.7 Å². The molecule has 1 unspecified atom stereocenters. The Morgan fingerprint density at radius 1 is 1.30 bits per heavy atom. The minimum absolute atomic E-state index is 0.326. The summed E-state index contributed by atoms with van der Waals surface area (Å²) >= 11 is 0. The van der Waals surface area contributed by atoms with Crippen LogP contribution in [-0.2, 0) is 4.74 Å². The first-order chi connectivity index (χ1) is 11.0. The van der Waals surface area contributed by atoms with Gasteiger partial charge in [-0.1, -0.05) is 12.1 Å². The van der Waals surface area contributed by atoms with Gasteiger partial charge >= 0.3 is 0 Å². The summed E-state index contributed by atoms with van der Waals surface area (Å²) in [7, 11) is 2.04. The predicted molar refractivity (Wildman–Crippen MR) is 92.2 cm³/mol.